The molecule has 0 spiro atoms. The fourth-order valence-electron chi connectivity index (χ4n) is 1.27. The van der Waals surface area contributed by atoms with Crippen LogP contribution in [-0.2, 0) is 6.54 Å². The topological polar surface area (TPSA) is 76.7 Å². The Hall–Kier alpha value is -1.76. The fraction of sp³-hybridized carbons (Fsp3) is 0.333. The summed E-state index contributed by atoms with van der Waals surface area (Å²) in [6.45, 7) is 2.54. The summed E-state index contributed by atoms with van der Waals surface area (Å²) in [4.78, 5) is 11.6. The Labute approximate surface area is 95.9 Å². The molecule has 84 valence electrons. The zero-order valence-electron chi connectivity index (χ0n) is 8.64. The zero-order valence-corrected chi connectivity index (χ0v) is 9.45. The monoisotopic (exact) mass is 238 g/mol. The van der Waals surface area contributed by atoms with Gasteiger partial charge in [0.15, 0.2) is 0 Å². The van der Waals surface area contributed by atoms with Crippen LogP contribution in [0.4, 0.5) is 0 Å². The van der Waals surface area contributed by atoms with Gasteiger partial charge in [0.05, 0.1) is 0 Å². The molecule has 2 aromatic heterocycles. The maximum absolute atomic E-state index is 11.4. The molecule has 2 heterocycles. The average Bonchev–Trinajstić information content (AvgIpc) is 2.69. The first-order valence-electron chi connectivity index (χ1n) is 4.84. The van der Waals surface area contributed by atoms with Crippen LogP contribution in [0.3, 0.4) is 0 Å². The SMILES string of the molecule is CCCn1nc(-c2n[nH]c(=S)o2)ccc1=O. The number of H-pyrrole nitrogens is 1. The zero-order chi connectivity index (χ0) is 11.5. The van der Waals surface area contributed by atoms with Gasteiger partial charge in [-0.1, -0.05) is 6.92 Å². The van der Waals surface area contributed by atoms with E-state index >= 15 is 0 Å². The predicted molar refractivity (Wildman–Crippen MR) is 59.5 cm³/mol. The van der Waals surface area contributed by atoms with E-state index in [1.165, 1.54) is 10.7 Å². The van der Waals surface area contributed by atoms with Crippen molar-refractivity contribution in [3.05, 3.63) is 27.3 Å². The first kappa shape index (κ1) is 10.7. The molecule has 2 rings (SSSR count). The molecular weight excluding hydrogens is 228 g/mol. The summed E-state index contributed by atoms with van der Waals surface area (Å²) in [7, 11) is 0. The van der Waals surface area contributed by atoms with Crippen LogP contribution in [-0.4, -0.2) is 20.0 Å². The third kappa shape index (κ3) is 2.08. The molecule has 0 amide bonds. The van der Waals surface area contributed by atoms with Crippen molar-refractivity contribution in [2.45, 2.75) is 19.9 Å². The van der Waals surface area contributed by atoms with E-state index in [2.05, 4.69) is 15.3 Å². The summed E-state index contributed by atoms with van der Waals surface area (Å²) in [5.74, 6) is 0.287. The highest BCUT2D eigenvalue weighted by Gasteiger charge is 2.07. The molecule has 7 heteroatoms. The van der Waals surface area contributed by atoms with Crippen LogP contribution in [0, 0.1) is 4.84 Å². The molecule has 0 unspecified atom stereocenters. The summed E-state index contributed by atoms with van der Waals surface area (Å²) in [6.07, 6.45) is 0.834. The number of hydrogen-bond donors (Lipinski definition) is 1. The quantitative estimate of drug-likeness (QED) is 0.817. The number of rotatable bonds is 3. The van der Waals surface area contributed by atoms with Gasteiger partial charge >= 0.3 is 0 Å². The lowest BCUT2D eigenvalue weighted by Gasteiger charge is -2.02. The number of aromatic nitrogens is 4. The maximum atomic E-state index is 11.4. The number of aryl methyl sites for hydroxylation is 1. The number of aromatic amines is 1. The average molecular weight is 238 g/mol. The van der Waals surface area contributed by atoms with Crippen molar-refractivity contribution in [3.63, 3.8) is 0 Å². The third-order valence-electron chi connectivity index (χ3n) is 1.96. The minimum absolute atomic E-state index is 0.139. The summed E-state index contributed by atoms with van der Waals surface area (Å²) in [6, 6.07) is 2.99. The van der Waals surface area contributed by atoms with E-state index in [4.69, 9.17) is 16.6 Å². The maximum Gasteiger partial charge on any atom is 0.284 e. The molecule has 0 saturated carbocycles. The van der Waals surface area contributed by atoms with Crippen molar-refractivity contribution in [3.8, 4) is 11.6 Å². The van der Waals surface area contributed by atoms with E-state index < -0.39 is 0 Å². The smallest absolute Gasteiger partial charge is 0.284 e. The van der Waals surface area contributed by atoms with Crippen molar-refractivity contribution in [2.75, 3.05) is 0 Å². The van der Waals surface area contributed by atoms with Gasteiger partial charge in [-0.3, -0.25) is 4.79 Å². The second-order valence-corrected chi connectivity index (χ2v) is 3.57. The third-order valence-corrected chi connectivity index (χ3v) is 2.13. The molecule has 2 aromatic rings. The summed E-state index contributed by atoms with van der Waals surface area (Å²) in [5, 5.41) is 10.5. The van der Waals surface area contributed by atoms with Crippen molar-refractivity contribution < 1.29 is 4.42 Å². The molecule has 0 saturated heterocycles. The van der Waals surface area contributed by atoms with Gasteiger partial charge < -0.3 is 4.42 Å². The van der Waals surface area contributed by atoms with Gasteiger partial charge in [0.1, 0.15) is 5.69 Å². The molecule has 16 heavy (non-hydrogen) atoms. The molecule has 0 aliphatic heterocycles. The molecule has 0 fully saturated rings. The van der Waals surface area contributed by atoms with E-state index in [1.54, 1.807) is 6.07 Å². The van der Waals surface area contributed by atoms with Crippen molar-refractivity contribution in [2.24, 2.45) is 0 Å². The van der Waals surface area contributed by atoms with Gasteiger partial charge in [0.25, 0.3) is 16.3 Å². The highest BCUT2D eigenvalue weighted by molar-refractivity contribution is 7.71. The van der Waals surface area contributed by atoms with E-state index in [0.29, 0.717) is 12.2 Å². The number of nitrogens with zero attached hydrogens (tertiary/aromatic N) is 3. The highest BCUT2D eigenvalue weighted by atomic mass is 32.1. The Kier molecular flexibility index (Phi) is 2.95. The molecule has 0 aliphatic rings. The van der Waals surface area contributed by atoms with Crippen LogP contribution in [0.2, 0.25) is 0 Å². The lowest BCUT2D eigenvalue weighted by Crippen LogP contribution is -2.21. The van der Waals surface area contributed by atoms with Crippen molar-refractivity contribution in [1.82, 2.24) is 20.0 Å². The van der Waals surface area contributed by atoms with E-state index in [0.717, 1.165) is 6.42 Å². The van der Waals surface area contributed by atoms with Crippen molar-refractivity contribution >= 4 is 12.2 Å². The van der Waals surface area contributed by atoms with Gasteiger partial charge in [-0.2, -0.15) is 5.10 Å². The second-order valence-electron chi connectivity index (χ2n) is 3.20. The van der Waals surface area contributed by atoms with Crippen molar-refractivity contribution in [1.29, 1.82) is 0 Å². The van der Waals surface area contributed by atoms with Gasteiger partial charge in [0, 0.05) is 12.6 Å². The largest absolute Gasteiger partial charge is 0.408 e. The Bertz CT molecular complexity index is 598. The number of hydrogen-bond acceptors (Lipinski definition) is 5. The summed E-state index contributed by atoms with van der Waals surface area (Å²) < 4.78 is 6.49. The van der Waals surface area contributed by atoms with E-state index in [-0.39, 0.29) is 16.3 Å². The van der Waals surface area contributed by atoms with Gasteiger partial charge in [-0.15, -0.1) is 5.10 Å². The van der Waals surface area contributed by atoms with Crippen LogP contribution in [0.15, 0.2) is 21.3 Å². The van der Waals surface area contributed by atoms with E-state index in [1.807, 2.05) is 6.92 Å². The van der Waals surface area contributed by atoms with Crippen LogP contribution in [0.25, 0.3) is 11.6 Å². The molecule has 1 N–H and O–H groups in total. The van der Waals surface area contributed by atoms with Gasteiger partial charge in [-0.25, -0.2) is 9.78 Å². The molecular formula is C9H10N4O2S. The molecule has 0 radical (unpaired) electrons. The fourth-order valence-corrected chi connectivity index (χ4v) is 1.40. The molecule has 0 bridgehead atoms. The normalized spacial score (nSPS) is 10.6. The minimum Gasteiger partial charge on any atom is -0.408 e. The Morgan fingerprint density at radius 3 is 3.00 bits per heavy atom. The molecule has 0 aliphatic carbocycles. The first-order chi connectivity index (χ1) is 7.70. The predicted octanol–water partition coefficient (Wildman–Crippen LogP) is 1.37. The Morgan fingerprint density at radius 1 is 1.56 bits per heavy atom. The second kappa shape index (κ2) is 4.40. The number of nitrogens with one attached hydrogen (secondary N) is 1. The standard InChI is InChI=1S/C9H10N4O2S/c1-2-5-13-7(14)4-3-6(12-13)8-10-11-9(16)15-8/h3-4H,2,5H2,1H3,(H,11,16). The van der Waals surface area contributed by atoms with Crippen LogP contribution >= 0.6 is 12.2 Å². The van der Waals surface area contributed by atoms with Crippen LogP contribution < -0.4 is 5.56 Å². The van der Waals surface area contributed by atoms with Crippen LogP contribution in [0.5, 0.6) is 0 Å². The highest BCUT2D eigenvalue weighted by Crippen LogP contribution is 2.11. The molecule has 0 aromatic carbocycles. The summed E-state index contributed by atoms with van der Waals surface area (Å²) >= 11 is 4.76. The summed E-state index contributed by atoms with van der Waals surface area (Å²) in [5.41, 5.74) is 0.347. The van der Waals surface area contributed by atoms with E-state index in [9.17, 15) is 4.79 Å². The Morgan fingerprint density at radius 2 is 2.38 bits per heavy atom. The molecule has 0 atom stereocenters. The Balaban J connectivity index is 2.47. The van der Waals surface area contributed by atoms with Crippen LogP contribution in [0.1, 0.15) is 13.3 Å². The van der Waals surface area contributed by atoms with Gasteiger partial charge in [-0.05, 0) is 24.7 Å². The lowest BCUT2D eigenvalue weighted by atomic mass is 10.4. The molecule has 6 nitrogen and oxygen atoms in total. The first-order valence-corrected chi connectivity index (χ1v) is 5.25. The lowest BCUT2D eigenvalue weighted by molar-refractivity contribution is 0.533. The van der Waals surface area contributed by atoms with Gasteiger partial charge in [0.2, 0.25) is 0 Å². The minimum atomic E-state index is -0.139.